The Bertz CT molecular complexity index is 859. The smallest absolute Gasteiger partial charge is 0.364 e. The molecule has 0 amide bonds. The van der Waals surface area contributed by atoms with E-state index in [1.165, 1.54) is 6.33 Å². The molecule has 7 heteroatoms. The Kier molecular flexibility index (Phi) is 2.45. The lowest BCUT2D eigenvalue weighted by molar-refractivity contribution is 0.192. The number of aromatic amines is 2. The van der Waals surface area contributed by atoms with Crippen LogP contribution < -0.4 is 16.1 Å². The highest BCUT2D eigenvalue weighted by Crippen LogP contribution is 2.11. The molecule has 0 bridgehead atoms. The van der Waals surface area contributed by atoms with E-state index in [0.717, 1.165) is 5.56 Å². The number of H-pyrrole nitrogens is 2. The van der Waals surface area contributed by atoms with Crippen molar-refractivity contribution in [2.45, 2.75) is 6.92 Å². The van der Waals surface area contributed by atoms with Crippen molar-refractivity contribution in [3.63, 3.8) is 0 Å². The molecule has 0 unspecified atom stereocenters. The first-order valence-electron chi connectivity index (χ1n) is 5.58. The number of aromatic nitrogens is 4. The molecule has 3 rings (SSSR count). The molecular formula is C12H10N4O3. The van der Waals surface area contributed by atoms with Gasteiger partial charge in [-0.1, -0.05) is 16.9 Å². The predicted octanol–water partition coefficient (Wildman–Crippen LogP) is 0.563. The maximum absolute atomic E-state index is 12.0. The lowest BCUT2D eigenvalue weighted by Crippen LogP contribution is -2.38. The minimum Gasteiger partial charge on any atom is -0.367 e. The summed E-state index contributed by atoms with van der Waals surface area (Å²) in [5.41, 5.74) is 0.0970. The van der Waals surface area contributed by atoms with Crippen molar-refractivity contribution in [2.24, 2.45) is 0 Å². The molecule has 1 aromatic carbocycles. The maximum atomic E-state index is 12.0. The number of nitrogens with one attached hydrogen (secondary N) is 2. The second-order valence-corrected chi connectivity index (χ2v) is 4.06. The van der Waals surface area contributed by atoms with Crippen LogP contribution in [0.5, 0.6) is 5.75 Å². The Balaban J connectivity index is 2.15. The Morgan fingerprint density at radius 3 is 2.95 bits per heavy atom. The molecule has 0 atom stereocenters. The zero-order chi connectivity index (χ0) is 13.4. The second kappa shape index (κ2) is 4.13. The topological polar surface area (TPSA) is 92.8 Å². The van der Waals surface area contributed by atoms with E-state index in [4.69, 9.17) is 4.84 Å². The number of benzene rings is 1. The SMILES string of the molecule is Cc1cccc(On2c(=O)[nH]c3nc[nH]c3c2=O)c1. The molecule has 19 heavy (non-hydrogen) atoms. The van der Waals surface area contributed by atoms with Crippen LogP contribution in [0, 0.1) is 6.92 Å². The monoisotopic (exact) mass is 258 g/mol. The Morgan fingerprint density at radius 1 is 1.32 bits per heavy atom. The first-order chi connectivity index (χ1) is 9.15. The quantitative estimate of drug-likeness (QED) is 0.702. The van der Waals surface area contributed by atoms with Gasteiger partial charge in [0, 0.05) is 0 Å². The molecule has 2 heterocycles. The van der Waals surface area contributed by atoms with Crippen LogP contribution in [0.4, 0.5) is 0 Å². The van der Waals surface area contributed by atoms with E-state index in [0.29, 0.717) is 10.5 Å². The molecule has 0 saturated heterocycles. The summed E-state index contributed by atoms with van der Waals surface area (Å²) in [5, 5.41) is 0. The maximum Gasteiger partial charge on any atom is 0.364 e. The fourth-order valence-corrected chi connectivity index (χ4v) is 1.76. The van der Waals surface area contributed by atoms with Crippen molar-refractivity contribution in [3.8, 4) is 5.75 Å². The molecule has 0 aliphatic carbocycles. The number of imidazole rings is 1. The molecule has 2 N–H and O–H groups in total. The van der Waals surface area contributed by atoms with Crippen molar-refractivity contribution in [3.05, 3.63) is 57.0 Å². The summed E-state index contributed by atoms with van der Waals surface area (Å²) >= 11 is 0. The van der Waals surface area contributed by atoms with Gasteiger partial charge in [0.15, 0.2) is 16.9 Å². The molecular weight excluding hydrogens is 248 g/mol. The molecule has 0 aliphatic heterocycles. The molecule has 0 aliphatic rings. The minimum atomic E-state index is -0.675. The van der Waals surface area contributed by atoms with Crippen LogP contribution in [0.25, 0.3) is 11.2 Å². The molecule has 3 aromatic rings. The van der Waals surface area contributed by atoms with Crippen LogP contribution in [0.2, 0.25) is 0 Å². The Morgan fingerprint density at radius 2 is 2.16 bits per heavy atom. The van der Waals surface area contributed by atoms with Crippen LogP contribution in [0.15, 0.2) is 40.2 Å². The highest BCUT2D eigenvalue weighted by molar-refractivity contribution is 5.67. The standard InChI is InChI=1S/C12H10N4O3/c1-7-3-2-4-8(5-7)19-16-11(17)9-10(14-6-13-9)15-12(16)18/h2-6H,1H3,(H,13,14)(H,15,18). The van der Waals surface area contributed by atoms with Crippen molar-refractivity contribution in [1.82, 2.24) is 19.7 Å². The van der Waals surface area contributed by atoms with Crippen molar-refractivity contribution < 1.29 is 4.84 Å². The van der Waals surface area contributed by atoms with Crippen molar-refractivity contribution in [1.29, 1.82) is 0 Å². The molecule has 0 saturated carbocycles. The van der Waals surface area contributed by atoms with E-state index in [1.54, 1.807) is 18.2 Å². The van der Waals surface area contributed by atoms with Gasteiger partial charge in [0.2, 0.25) is 0 Å². The van der Waals surface area contributed by atoms with E-state index in [-0.39, 0.29) is 11.2 Å². The van der Waals surface area contributed by atoms with Gasteiger partial charge >= 0.3 is 11.2 Å². The van der Waals surface area contributed by atoms with E-state index in [2.05, 4.69) is 15.0 Å². The second-order valence-electron chi connectivity index (χ2n) is 4.06. The summed E-state index contributed by atoms with van der Waals surface area (Å²) in [6.45, 7) is 1.89. The van der Waals surface area contributed by atoms with Gasteiger partial charge in [-0.2, -0.15) is 0 Å². The van der Waals surface area contributed by atoms with Gasteiger partial charge in [-0.3, -0.25) is 9.78 Å². The minimum absolute atomic E-state index is 0.187. The van der Waals surface area contributed by atoms with Gasteiger partial charge < -0.3 is 9.82 Å². The molecule has 96 valence electrons. The highest BCUT2D eigenvalue weighted by Gasteiger charge is 2.10. The summed E-state index contributed by atoms with van der Waals surface area (Å²) in [4.78, 5) is 38.1. The summed E-state index contributed by atoms with van der Waals surface area (Å²) in [7, 11) is 0. The molecule has 7 nitrogen and oxygen atoms in total. The largest absolute Gasteiger partial charge is 0.367 e. The van der Waals surface area contributed by atoms with Gasteiger partial charge in [-0.05, 0) is 24.6 Å². The van der Waals surface area contributed by atoms with Gasteiger partial charge in [-0.25, -0.2) is 9.78 Å². The summed E-state index contributed by atoms with van der Waals surface area (Å²) < 4.78 is 0.662. The van der Waals surface area contributed by atoms with Gasteiger partial charge in [0.1, 0.15) is 0 Å². The first kappa shape index (κ1) is 11.3. The number of nitrogens with zero attached hydrogens (tertiary/aromatic N) is 2. The van der Waals surface area contributed by atoms with Crippen LogP contribution in [0.3, 0.4) is 0 Å². The summed E-state index contributed by atoms with van der Waals surface area (Å²) in [6, 6.07) is 7.05. The van der Waals surface area contributed by atoms with Crippen LogP contribution in [0.1, 0.15) is 5.56 Å². The highest BCUT2D eigenvalue weighted by atomic mass is 16.7. The Labute approximate surface area is 106 Å². The van der Waals surface area contributed by atoms with Crippen LogP contribution in [-0.2, 0) is 0 Å². The van der Waals surface area contributed by atoms with Gasteiger partial charge in [0.25, 0.3) is 0 Å². The van der Waals surface area contributed by atoms with Crippen molar-refractivity contribution in [2.75, 3.05) is 0 Å². The van der Waals surface area contributed by atoms with E-state index >= 15 is 0 Å². The Hall–Kier alpha value is -2.83. The molecule has 0 fully saturated rings. The molecule has 0 spiro atoms. The lowest BCUT2D eigenvalue weighted by atomic mass is 10.2. The third-order valence-corrected chi connectivity index (χ3v) is 2.63. The molecule has 0 radical (unpaired) electrons. The predicted molar refractivity (Wildman–Crippen MR) is 68.2 cm³/mol. The van der Waals surface area contributed by atoms with E-state index < -0.39 is 11.2 Å². The zero-order valence-corrected chi connectivity index (χ0v) is 10.0. The van der Waals surface area contributed by atoms with Gasteiger partial charge in [0.05, 0.1) is 6.33 Å². The average molecular weight is 258 g/mol. The average Bonchev–Trinajstić information content (AvgIpc) is 2.83. The molecule has 2 aromatic heterocycles. The van der Waals surface area contributed by atoms with Gasteiger partial charge in [-0.15, -0.1) is 0 Å². The number of rotatable bonds is 2. The summed E-state index contributed by atoms with van der Waals surface area (Å²) in [6.07, 6.45) is 1.33. The van der Waals surface area contributed by atoms with E-state index in [9.17, 15) is 9.59 Å². The summed E-state index contributed by atoms with van der Waals surface area (Å²) in [5.74, 6) is 0.409. The third-order valence-electron chi connectivity index (χ3n) is 2.63. The fourth-order valence-electron chi connectivity index (χ4n) is 1.76. The number of fused-ring (bicyclic) bond motifs is 1. The lowest BCUT2D eigenvalue weighted by Gasteiger charge is -2.06. The number of aryl methyl sites for hydroxylation is 1. The third kappa shape index (κ3) is 1.90. The van der Waals surface area contributed by atoms with Crippen LogP contribution in [-0.4, -0.2) is 19.7 Å². The first-order valence-corrected chi connectivity index (χ1v) is 5.58. The normalized spacial score (nSPS) is 10.8. The van der Waals surface area contributed by atoms with E-state index in [1.807, 2.05) is 13.0 Å². The van der Waals surface area contributed by atoms with Crippen molar-refractivity contribution >= 4 is 11.2 Å². The fraction of sp³-hybridized carbons (Fsp3) is 0.0833. The number of hydrogen-bond acceptors (Lipinski definition) is 4. The zero-order valence-electron chi connectivity index (χ0n) is 10.0. The number of hydrogen-bond donors (Lipinski definition) is 2. The van der Waals surface area contributed by atoms with Crippen LogP contribution >= 0.6 is 0 Å².